The van der Waals surface area contributed by atoms with E-state index in [-0.39, 0.29) is 33.1 Å². The highest BCUT2D eigenvalue weighted by Gasteiger charge is 2.44. The lowest BCUT2D eigenvalue weighted by molar-refractivity contribution is -0.108. The van der Waals surface area contributed by atoms with Crippen molar-refractivity contribution in [1.29, 1.82) is 0 Å². The zero-order valence-corrected chi connectivity index (χ0v) is 18.3. The Bertz CT molecular complexity index is 905. The van der Waals surface area contributed by atoms with E-state index in [2.05, 4.69) is 19.7 Å². The highest BCUT2D eigenvalue weighted by Crippen LogP contribution is 2.45. The SMILES string of the molecule is C=C(C)C(CC)Sc1cc(N2C(=C)C(C)=C(C(F)(F)F)N(C)C2=C)c(F)cc1Cl. The van der Waals surface area contributed by atoms with E-state index in [1.807, 2.05) is 13.8 Å². The molecule has 0 aromatic heterocycles. The minimum atomic E-state index is -4.59. The quantitative estimate of drug-likeness (QED) is 0.262. The van der Waals surface area contributed by atoms with Crippen molar-refractivity contribution in [2.75, 3.05) is 11.9 Å². The van der Waals surface area contributed by atoms with Crippen LogP contribution in [0.4, 0.5) is 23.2 Å². The highest BCUT2D eigenvalue weighted by atomic mass is 35.5. The number of allylic oxidation sites excluding steroid dienone is 2. The maximum absolute atomic E-state index is 14.8. The molecule has 1 aliphatic rings. The summed E-state index contributed by atoms with van der Waals surface area (Å²) in [4.78, 5) is 2.78. The fourth-order valence-corrected chi connectivity index (χ4v) is 4.45. The van der Waals surface area contributed by atoms with E-state index in [9.17, 15) is 17.6 Å². The summed E-state index contributed by atoms with van der Waals surface area (Å²) in [5.74, 6) is -0.737. The Kier molecular flexibility index (Phi) is 6.85. The number of hydrogen-bond acceptors (Lipinski definition) is 3. The summed E-state index contributed by atoms with van der Waals surface area (Å²) in [5.41, 5.74) is 0.00497. The third-order valence-corrected chi connectivity index (χ3v) is 6.78. The smallest absolute Gasteiger partial charge is 0.327 e. The number of nitrogens with zero attached hydrogens (tertiary/aromatic N) is 2. The molecule has 1 heterocycles. The average Bonchev–Trinajstić information content (AvgIpc) is 2.59. The van der Waals surface area contributed by atoms with Crippen molar-refractivity contribution in [2.24, 2.45) is 0 Å². The lowest BCUT2D eigenvalue weighted by Gasteiger charge is -2.41. The molecule has 0 saturated carbocycles. The molecule has 0 amide bonds. The normalized spacial score (nSPS) is 16.6. The predicted octanol–water partition coefficient (Wildman–Crippen LogP) is 7.50. The summed E-state index contributed by atoms with van der Waals surface area (Å²) >= 11 is 7.67. The van der Waals surface area contributed by atoms with E-state index >= 15 is 0 Å². The largest absolute Gasteiger partial charge is 0.431 e. The van der Waals surface area contributed by atoms with Gasteiger partial charge in [0.2, 0.25) is 0 Å². The van der Waals surface area contributed by atoms with Crippen molar-refractivity contribution in [3.05, 3.63) is 71.1 Å². The molecule has 0 fully saturated rings. The van der Waals surface area contributed by atoms with Crippen LogP contribution in [0.3, 0.4) is 0 Å². The molecule has 0 radical (unpaired) electrons. The van der Waals surface area contributed by atoms with E-state index in [0.29, 0.717) is 4.90 Å². The third-order valence-electron chi connectivity index (χ3n) is 4.74. The van der Waals surface area contributed by atoms with Gasteiger partial charge in [0.15, 0.2) is 0 Å². The van der Waals surface area contributed by atoms with Crippen molar-refractivity contribution in [1.82, 2.24) is 4.90 Å². The Hall–Kier alpha value is -1.86. The van der Waals surface area contributed by atoms with Crippen LogP contribution in [0.2, 0.25) is 5.02 Å². The molecule has 158 valence electrons. The molecule has 1 aromatic carbocycles. The van der Waals surface area contributed by atoms with Gasteiger partial charge in [0, 0.05) is 28.5 Å². The van der Waals surface area contributed by atoms with Gasteiger partial charge in [-0.05, 0) is 32.4 Å². The molecule has 1 aliphatic heterocycles. The van der Waals surface area contributed by atoms with Crippen molar-refractivity contribution in [2.45, 2.75) is 43.5 Å². The first kappa shape index (κ1) is 23.4. The molecule has 0 bridgehead atoms. The summed E-state index contributed by atoms with van der Waals surface area (Å²) in [6, 6.07) is 2.67. The van der Waals surface area contributed by atoms with Gasteiger partial charge in [-0.2, -0.15) is 13.2 Å². The number of thioether (sulfide) groups is 1. The second-order valence-corrected chi connectivity index (χ2v) is 8.48. The molecular weight excluding hydrogens is 424 g/mol. The third kappa shape index (κ3) is 4.51. The van der Waals surface area contributed by atoms with Crippen molar-refractivity contribution in [3.63, 3.8) is 0 Å². The second kappa shape index (κ2) is 8.48. The highest BCUT2D eigenvalue weighted by molar-refractivity contribution is 8.00. The van der Waals surface area contributed by atoms with Crippen LogP contribution in [0.1, 0.15) is 27.2 Å². The van der Waals surface area contributed by atoms with Crippen LogP contribution in [-0.4, -0.2) is 23.4 Å². The topological polar surface area (TPSA) is 6.48 Å². The molecule has 2 nitrogen and oxygen atoms in total. The molecule has 2 rings (SSSR count). The number of anilines is 1. The fraction of sp³-hybridized carbons (Fsp3) is 0.333. The van der Waals surface area contributed by atoms with E-state index in [1.54, 1.807) is 0 Å². The van der Waals surface area contributed by atoms with Crippen molar-refractivity contribution < 1.29 is 17.6 Å². The zero-order chi connectivity index (χ0) is 22.3. The Labute approximate surface area is 178 Å². The fourth-order valence-electron chi connectivity index (χ4n) is 3.14. The lowest BCUT2D eigenvalue weighted by atomic mass is 10.1. The van der Waals surface area contributed by atoms with Gasteiger partial charge in [0.1, 0.15) is 17.3 Å². The first-order valence-electron chi connectivity index (χ1n) is 8.82. The van der Waals surface area contributed by atoms with Gasteiger partial charge in [0.05, 0.1) is 10.7 Å². The number of hydrogen-bond donors (Lipinski definition) is 0. The van der Waals surface area contributed by atoms with E-state index in [1.165, 1.54) is 36.7 Å². The Morgan fingerprint density at radius 3 is 2.34 bits per heavy atom. The molecule has 0 saturated heterocycles. The minimum Gasteiger partial charge on any atom is -0.327 e. The number of halogens is 5. The van der Waals surface area contributed by atoms with Crippen LogP contribution in [0.15, 0.2) is 65.1 Å². The van der Waals surface area contributed by atoms with Gasteiger partial charge in [-0.1, -0.05) is 43.8 Å². The first-order valence-corrected chi connectivity index (χ1v) is 10.1. The Balaban J connectivity index is 2.58. The molecule has 1 unspecified atom stereocenters. The molecule has 0 spiro atoms. The average molecular weight is 447 g/mol. The standard InChI is InChI=1S/C21H23ClF4N2S/c1-8-18(11(2)3)29-19-10-17(16(23)9-15(19)22)28-13(5)12(4)20(21(24,25)26)27(7)14(28)6/h9-10,18H,2,5-6,8H2,1,3-4,7H3. The molecule has 0 N–H and O–H groups in total. The predicted molar refractivity (Wildman–Crippen MR) is 113 cm³/mol. The monoisotopic (exact) mass is 446 g/mol. The van der Waals surface area contributed by atoms with Crippen LogP contribution in [0, 0.1) is 5.82 Å². The second-order valence-electron chi connectivity index (χ2n) is 6.82. The summed E-state index contributed by atoms with van der Waals surface area (Å²) in [5, 5.41) is 0.292. The number of rotatable bonds is 5. The van der Waals surface area contributed by atoms with Gasteiger partial charge in [0.25, 0.3) is 0 Å². The molecule has 0 aliphatic carbocycles. The van der Waals surface area contributed by atoms with Crippen LogP contribution < -0.4 is 4.90 Å². The van der Waals surface area contributed by atoms with E-state index in [0.717, 1.165) is 23.0 Å². The lowest BCUT2D eigenvalue weighted by Crippen LogP contribution is -2.42. The minimum absolute atomic E-state index is 0.00420. The number of benzene rings is 1. The van der Waals surface area contributed by atoms with Gasteiger partial charge in [-0.15, -0.1) is 11.8 Å². The van der Waals surface area contributed by atoms with E-state index in [4.69, 9.17) is 11.6 Å². The van der Waals surface area contributed by atoms with Gasteiger partial charge in [-0.3, -0.25) is 4.90 Å². The zero-order valence-electron chi connectivity index (χ0n) is 16.8. The van der Waals surface area contributed by atoms with Crippen LogP contribution in [-0.2, 0) is 0 Å². The van der Waals surface area contributed by atoms with Crippen LogP contribution >= 0.6 is 23.4 Å². The maximum atomic E-state index is 14.8. The summed E-state index contributed by atoms with van der Waals surface area (Å²) in [6.07, 6.45) is -3.79. The number of alkyl halides is 3. The summed E-state index contributed by atoms with van der Waals surface area (Å²) in [6.45, 7) is 16.7. The van der Waals surface area contributed by atoms with Crippen LogP contribution in [0.5, 0.6) is 0 Å². The molecule has 1 atom stereocenters. The molecule has 1 aromatic rings. The van der Waals surface area contributed by atoms with Gasteiger partial charge in [-0.25, -0.2) is 4.39 Å². The maximum Gasteiger partial charge on any atom is 0.431 e. The Morgan fingerprint density at radius 2 is 1.86 bits per heavy atom. The molecular formula is C21H23ClF4N2S. The van der Waals surface area contributed by atoms with Crippen molar-refractivity contribution in [3.8, 4) is 0 Å². The van der Waals surface area contributed by atoms with Crippen molar-refractivity contribution >= 4 is 29.1 Å². The Morgan fingerprint density at radius 1 is 1.28 bits per heavy atom. The first-order chi connectivity index (χ1) is 13.3. The summed E-state index contributed by atoms with van der Waals surface area (Å²) < 4.78 is 55.2. The van der Waals surface area contributed by atoms with Gasteiger partial charge >= 0.3 is 6.18 Å². The van der Waals surface area contributed by atoms with Gasteiger partial charge < -0.3 is 4.90 Å². The summed E-state index contributed by atoms with van der Waals surface area (Å²) in [7, 11) is 1.24. The molecule has 8 heteroatoms. The van der Waals surface area contributed by atoms with E-state index < -0.39 is 17.7 Å². The molecule has 29 heavy (non-hydrogen) atoms. The van der Waals surface area contributed by atoms with Crippen LogP contribution in [0.25, 0.3) is 0 Å².